The number of nitriles is 1. The molecule has 1 atom stereocenters. The van der Waals surface area contributed by atoms with Crippen molar-refractivity contribution in [2.45, 2.75) is 78.9 Å². The van der Waals surface area contributed by atoms with Gasteiger partial charge in [-0.15, -0.1) is 0 Å². The smallest absolute Gasteiger partial charge is 0.229 e. The van der Waals surface area contributed by atoms with E-state index < -0.39 is 0 Å². The normalized spacial score (nSPS) is 23.0. The van der Waals surface area contributed by atoms with Crippen LogP contribution >= 0.6 is 0 Å². The Labute approximate surface area is 193 Å². The number of likely N-dealkylation sites (tertiary alicyclic amines) is 1. The summed E-state index contributed by atoms with van der Waals surface area (Å²) in [5.74, 6) is 6.79. The van der Waals surface area contributed by atoms with Crippen LogP contribution in [0.2, 0.25) is 0 Å². The lowest BCUT2D eigenvalue weighted by Crippen LogP contribution is -2.50. The molecular formula is C27H35N3O2. The molecule has 1 aromatic carbocycles. The Hall–Kier alpha value is -3.05. The third-order valence-corrected chi connectivity index (χ3v) is 6.03. The molecule has 1 amide bonds. The zero-order valence-electron chi connectivity index (χ0n) is 20.0. The van der Waals surface area contributed by atoms with Gasteiger partial charge in [0.05, 0.1) is 29.3 Å². The molecule has 5 nitrogen and oxygen atoms in total. The molecule has 1 heterocycles. The molecule has 1 unspecified atom stereocenters. The summed E-state index contributed by atoms with van der Waals surface area (Å²) in [6.07, 6.45) is 7.49. The molecule has 32 heavy (non-hydrogen) atoms. The predicted molar refractivity (Wildman–Crippen MR) is 129 cm³/mol. The average Bonchev–Trinajstić information content (AvgIpc) is 3.12. The number of hydrogen-bond donors (Lipinski definition) is 0. The summed E-state index contributed by atoms with van der Waals surface area (Å²) < 4.78 is 6.02. The maximum Gasteiger partial charge on any atom is 0.229 e. The molecule has 2 aliphatic rings. The molecule has 170 valence electrons. The Morgan fingerprint density at radius 3 is 2.78 bits per heavy atom. The Morgan fingerprint density at radius 1 is 1.38 bits per heavy atom. The van der Waals surface area contributed by atoms with E-state index in [1.807, 2.05) is 50.9 Å². The van der Waals surface area contributed by atoms with Crippen LogP contribution in [0, 0.1) is 28.6 Å². The second-order valence-electron chi connectivity index (χ2n) is 8.07. The number of carbonyl (C=O) groups is 1. The van der Waals surface area contributed by atoms with Crippen LogP contribution in [0.15, 0.2) is 41.0 Å². The Kier molecular flexibility index (Phi) is 9.54. The van der Waals surface area contributed by atoms with Crippen LogP contribution in [0.3, 0.4) is 0 Å². The molecule has 1 aromatic rings. The van der Waals surface area contributed by atoms with Crippen molar-refractivity contribution in [1.82, 2.24) is 4.90 Å². The number of benzene rings is 1. The minimum atomic E-state index is -0.291. The predicted octanol–water partition coefficient (Wildman–Crippen LogP) is 5.51. The highest BCUT2D eigenvalue weighted by Crippen LogP contribution is 2.51. The number of aliphatic imine (C=N–C) groups is 1. The summed E-state index contributed by atoms with van der Waals surface area (Å²) in [4.78, 5) is 19.6. The second kappa shape index (κ2) is 12.1. The van der Waals surface area contributed by atoms with E-state index in [1.54, 1.807) is 18.3 Å². The highest BCUT2D eigenvalue weighted by Gasteiger charge is 2.57. The number of rotatable bonds is 6. The van der Waals surface area contributed by atoms with E-state index in [1.165, 1.54) is 0 Å². The number of nitrogens with zero attached hydrogens (tertiary/aromatic N) is 3. The third-order valence-electron chi connectivity index (χ3n) is 6.03. The van der Waals surface area contributed by atoms with Gasteiger partial charge >= 0.3 is 0 Å². The molecule has 0 N–H and O–H groups in total. The first-order valence-electron chi connectivity index (χ1n) is 11.7. The van der Waals surface area contributed by atoms with Gasteiger partial charge in [0.25, 0.3) is 0 Å². The minimum absolute atomic E-state index is 0.0290. The van der Waals surface area contributed by atoms with Crippen LogP contribution in [0.4, 0.5) is 0 Å². The zero-order valence-corrected chi connectivity index (χ0v) is 20.0. The molecule has 0 radical (unpaired) electrons. The van der Waals surface area contributed by atoms with E-state index in [4.69, 9.17) is 10.00 Å². The van der Waals surface area contributed by atoms with Crippen molar-refractivity contribution in [2.24, 2.45) is 10.4 Å². The van der Waals surface area contributed by atoms with Crippen LogP contribution in [-0.4, -0.2) is 35.7 Å². The molecule has 1 aliphatic carbocycles. The van der Waals surface area contributed by atoms with Gasteiger partial charge in [-0.1, -0.05) is 45.6 Å². The lowest BCUT2D eigenvalue weighted by molar-refractivity contribution is -0.146. The fourth-order valence-corrected chi connectivity index (χ4v) is 4.46. The molecule has 1 saturated carbocycles. The summed E-state index contributed by atoms with van der Waals surface area (Å²) >= 11 is 0. The Morgan fingerprint density at radius 2 is 2.12 bits per heavy atom. The van der Waals surface area contributed by atoms with Gasteiger partial charge in [0.15, 0.2) is 0 Å². The van der Waals surface area contributed by atoms with Gasteiger partial charge in [0.1, 0.15) is 11.9 Å². The van der Waals surface area contributed by atoms with Crippen molar-refractivity contribution in [3.05, 3.63) is 41.6 Å². The largest absolute Gasteiger partial charge is 0.490 e. The molecule has 3 rings (SSSR count). The van der Waals surface area contributed by atoms with Gasteiger partial charge in [-0.3, -0.25) is 9.79 Å². The van der Waals surface area contributed by atoms with Crippen molar-refractivity contribution < 1.29 is 9.53 Å². The first-order chi connectivity index (χ1) is 15.5. The van der Waals surface area contributed by atoms with Crippen LogP contribution in [0.1, 0.15) is 72.3 Å². The fraction of sp³-hybridized carbons (Fsp3) is 0.519. The first kappa shape index (κ1) is 25.2. The van der Waals surface area contributed by atoms with Crippen LogP contribution in [-0.2, 0) is 4.79 Å². The lowest BCUT2D eigenvalue weighted by Gasteiger charge is -2.43. The van der Waals surface area contributed by atoms with E-state index in [-0.39, 0.29) is 23.5 Å². The summed E-state index contributed by atoms with van der Waals surface area (Å²) in [6.45, 7) is 10.9. The first-order valence-corrected chi connectivity index (χ1v) is 11.7. The van der Waals surface area contributed by atoms with Gasteiger partial charge in [-0.25, -0.2) is 0 Å². The molecule has 1 saturated heterocycles. The van der Waals surface area contributed by atoms with E-state index >= 15 is 0 Å². The highest BCUT2D eigenvalue weighted by molar-refractivity contribution is 5.86. The zero-order chi connectivity index (χ0) is 23.6. The van der Waals surface area contributed by atoms with Gasteiger partial charge < -0.3 is 9.64 Å². The molecule has 1 aliphatic heterocycles. The number of ether oxygens (including phenoxy) is 1. The molecule has 2 fully saturated rings. The summed E-state index contributed by atoms with van der Waals surface area (Å²) in [7, 11) is 0. The molecule has 0 aromatic heterocycles. The van der Waals surface area contributed by atoms with Crippen molar-refractivity contribution in [1.29, 1.82) is 5.26 Å². The molecule has 0 bridgehead atoms. The fourth-order valence-electron chi connectivity index (χ4n) is 4.46. The Balaban J connectivity index is 0.00000176. The minimum Gasteiger partial charge on any atom is -0.490 e. The number of carbonyl (C=O) groups excluding carboxylic acids is 1. The van der Waals surface area contributed by atoms with Crippen LogP contribution < -0.4 is 4.74 Å². The van der Waals surface area contributed by atoms with Gasteiger partial charge in [0, 0.05) is 19.2 Å². The third kappa shape index (κ3) is 5.80. The van der Waals surface area contributed by atoms with E-state index in [0.717, 1.165) is 44.2 Å². The number of amides is 1. The maximum absolute atomic E-state index is 13.3. The van der Waals surface area contributed by atoms with Gasteiger partial charge in [-0.2, -0.15) is 5.26 Å². The van der Waals surface area contributed by atoms with Crippen molar-refractivity contribution in [3.63, 3.8) is 0 Å². The number of hydrogen-bond acceptors (Lipinski definition) is 4. The highest BCUT2D eigenvalue weighted by atomic mass is 16.5. The monoisotopic (exact) mass is 433 g/mol. The summed E-state index contributed by atoms with van der Waals surface area (Å²) in [6, 6.07) is 9.39. The molecule has 1 spiro atoms. The molecule has 5 heteroatoms. The standard InChI is InChI=1S/C25H29N3O2.C2H6/c1-4-6-7-12-27-18-19(3)23(5-2)28-13-11-25(24(28)29)15-22(16-25)30-21-10-8-9-20(14-21)17-26;1-2/h8-10,12,14,18,22-23H,4-5,11,13,15-16H2,1-3H3;1-2H3/b19-18+,27-12?;. The SMILES string of the molecule is CC.CCC#CC=N/C=C(\C)C(CC)N1CCC2(CC(Oc3cccc(C#N)c3)C2)C1=O. The lowest BCUT2D eigenvalue weighted by atomic mass is 9.65. The van der Waals surface area contributed by atoms with Crippen molar-refractivity contribution in [2.75, 3.05) is 6.54 Å². The maximum atomic E-state index is 13.3. The van der Waals surface area contributed by atoms with Crippen molar-refractivity contribution in [3.8, 4) is 23.7 Å². The average molecular weight is 434 g/mol. The molecular weight excluding hydrogens is 398 g/mol. The van der Waals surface area contributed by atoms with Gasteiger partial charge in [0.2, 0.25) is 5.91 Å². The van der Waals surface area contributed by atoms with E-state index in [0.29, 0.717) is 11.3 Å². The second-order valence-corrected chi connectivity index (χ2v) is 8.07. The summed E-state index contributed by atoms with van der Waals surface area (Å²) in [5, 5.41) is 9.04. The topological polar surface area (TPSA) is 65.7 Å². The van der Waals surface area contributed by atoms with Crippen molar-refractivity contribution >= 4 is 12.1 Å². The Bertz CT molecular complexity index is 940. The van der Waals surface area contributed by atoms with Crippen LogP contribution in [0.25, 0.3) is 0 Å². The summed E-state index contributed by atoms with van der Waals surface area (Å²) in [5.41, 5.74) is 1.38. The van der Waals surface area contributed by atoms with Crippen LogP contribution in [0.5, 0.6) is 5.75 Å². The van der Waals surface area contributed by atoms with E-state index in [2.05, 4.69) is 29.8 Å². The quantitative estimate of drug-likeness (QED) is 0.439. The van der Waals surface area contributed by atoms with E-state index in [9.17, 15) is 4.79 Å². The van der Waals surface area contributed by atoms with Gasteiger partial charge in [-0.05, 0) is 56.4 Å².